The number of rotatable bonds is 7. The number of piperidine rings is 1. The first-order chi connectivity index (χ1) is 15.0. The Hall–Kier alpha value is -2.22. The molecule has 1 aromatic heterocycles. The number of hydrogen-bond acceptors (Lipinski definition) is 5. The normalized spacial score (nSPS) is 24.6. The van der Waals surface area contributed by atoms with Crippen LogP contribution in [0.4, 0.5) is 5.82 Å². The van der Waals surface area contributed by atoms with E-state index >= 15 is 0 Å². The smallest absolute Gasteiger partial charge is 0.208 e. The van der Waals surface area contributed by atoms with Gasteiger partial charge in [-0.05, 0) is 49.0 Å². The molecule has 0 spiro atoms. The molecule has 1 fully saturated rings. The lowest BCUT2D eigenvalue weighted by molar-refractivity contribution is 0.0164. The molecule has 3 atom stereocenters. The number of hydrogen-bond donors (Lipinski definition) is 1. The first-order valence-electron chi connectivity index (χ1n) is 11.0. The molecule has 2 aliphatic rings. The average molecular weight is 442 g/mol. The van der Waals surface area contributed by atoms with E-state index in [9.17, 15) is 8.42 Å². The molecule has 1 unspecified atom stereocenters. The molecule has 31 heavy (non-hydrogen) atoms. The number of allylic oxidation sites excluding steroid dienone is 1. The molecule has 1 aliphatic heterocycles. The summed E-state index contributed by atoms with van der Waals surface area (Å²) in [5.74, 6) is 1.00. The van der Waals surface area contributed by atoms with E-state index in [2.05, 4.69) is 44.9 Å². The van der Waals surface area contributed by atoms with Gasteiger partial charge in [0.25, 0.3) is 0 Å². The van der Waals surface area contributed by atoms with Gasteiger partial charge in [-0.15, -0.1) is 0 Å². The van der Waals surface area contributed by atoms with Gasteiger partial charge >= 0.3 is 0 Å². The van der Waals surface area contributed by atoms with Gasteiger partial charge in [0, 0.05) is 31.2 Å². The number of nitrogens with zero attached hydrogens (tertiary/aromatic N) is 2. The van der Waals surface area contributed by atoms with Crippen LogP contribution in [0.3, 0.4) is 0 Å². The molecule has 6 nitrogen and oxygen atoms in total. The maximum Gasteiger partial charge on any atom is 0.208 e. The van der Waals surface area contributed by atoms with Crippen molar-refractivity contribution in [2.75, 3.05) is 30.9 Å². The summed E-state index contributed by atoms with van der Waals surface area (Å²) in [6.45, 7) is 2.03. The minimum absolute atomic E-state index is 0.0741. The van der Waals surface area contributed by atoms with Crippen molar-refractivity contribution in [1.82, 2.24) is 9.71 Å². The van der Waals surface area contributed by atoms with E-state index in [4.69, 9.17) is 4.74 Å². The molecule has 1 saturated heterocycles. The number of pyridine rings is 1. The lowest BCUT2D eigenvalue weighted by Gasteiger charge is -2.39. The van der Waals surface area contributed by atoms with Crippen molar-refractivity contribution < 1.29 is 13.2 Å². The van der Waals surface area contributed by atoms with Crippen LogP contribution in [0.2, 0.25) is 0 Å². The molecule has 4 rings (SSSR count). The van der Waals surface area contributed by atoms with Gasteiger partial charge < -0.3 is 9.64 Å². The molecule has 7 heteroatoms. The standard InChI is InChI=1S/C24H31N3O3S/c1-31(28,29)26-23-14-16-27(24-9-5-6-15-25-24)17-21(23)18-30-22-12-10-20(11-13-22)19-7-3-2-4-8-19/h2-10,15,21-23,26H,11-14,16-18H2,1H3/t21-,22?,23-/m0/s1. The minimum atomic E-state index is -3.27. The number of aromatic nitrogens is 1. The van der Waals surface area contributed by atoms with Crippen molar-refractivity contribution in [3.8, 4) is 0 Å². The van der Waals surface area contributed by atoms with Gasteiger partial charge in [-0.1, -0.05) is 42.5 Å². The molecular weight excluding hydrogens is 410 g/mol. The fraction of sp³-hybridized carbons (Fsp3) is 0.458. The zero-order chi connectivity index (χ0) is 21.7. The summed E-state index contributed by atoms with van der Waals surface area (Å²) in [7, 11) is -3.27. The summed E-state index contributed by atoms with van der Waals surface area (Å²) < 4.78 is 32.9. The van der Waals surface area contributed by atoms with Gasteiger partial charge in [0.05, 0.1) is 19.0 Å². The molecule has 1 aliphatic carbocycles. The molecular formula is C24H31N3O3S. The Morgan fingerprint density at radius 1 is 1.13 bits per heavy atom. The summed E-state index contributed by atoms with van der Waals surface area (Å²) in [5.41, 5.74) is 2.67. The fourth-order valence-corrected chi connectivity index (χ4v) is 5.38. The number of ether oxygens (including phenoxy) is 1. The van der Waals surface area contributed by atoms with Crippen molar-refractivity contribution in [3.63, 3.8) is 0 Å². The third-order valence-corrected chi connectivity index (χ3v) is 6.86. The second kappa shape index (κ2) is 9.94. The molecule has 0 saturated carbocycles. The number of sulfonamides is 1. The monoisotopic (exact) mass is 441 g/mol. The van der Waals surface area contributed by atoms with E-state index in [1.165, 1.54) is 17.4 Å². The third kappa shape index (κ3) is 6.15. The van der Waals surface area contributed by atoms with E-state index in [0.717, 1.165) is 44.6 Å². The Bertz CT molecular complexity index is 980. The number of anilines is 1. The highest BCUT2D eigenvalue weighted by atomic mass is 32.2. The van der Waals surface area contributed by atoms with Crippen LogP contribution in [0.5, 0.6) is 0 Å². The van der Waals surface area contributed by atoms with Gasteiger partial charge in [-0.25, -0.2) is 18.1 Å². The van der Waals surface area contributed by atoms with Crippen molar-refractivity contribution in [3.05, 3.63) is 66.4 Å². The maximum atomic E-state index is 11.9. The van der Waals surface area contributed by atoms with E-state index in [-0.39, 0.29) is 18.1 Å². The minimum Gasteiger partial charge on any atom is -0.377 e. The largest absolute Gasteiger partial charge is 0.377 e. The summed E-state index contributed by atoms with van der Waals surface area (Å²) in [4.78, 5) is 6.69. The molecule has 0 radical (unpaired) electrons. The van der Waals surface area contributed by atoms with Crippen LogP contribution in [-0.4, -0.2) is 51.5 Å². The molecule has 1 N–H and O–H groups in total. The van der Waals surface area contributed by atoms with Gasteiger partial charge in [0.15, 0.2) is 0 Å². The van der Waals surface area contributed by atoms with Crippen LogP contribution >= 0.6 is 0 Å². The van der Waals surface area contributed by atoms with E-state index < -0.39 is 10.0 Å². The maximum absolute atomic E-state index is 11.9. The molecule has 2 heterocycles. The van der Waals surface area contributed by atoms with Crippen LogP contribution in [0, 0.1) is 5.92 Å². The fourth-order valence-electron chi connectivity index (χ4n) is 4.52. The number of nitrogens with one attached hydrogen (secondary N) is 1. The van der Waals surface area contributed by atoms with Crippen molar-refractivity contribution in [1.29, 1.82) is 0 Å². The summed E-state index contributed by atoms with van der Waals surface area (Å²) in [5, 5.41) is 0. The predicted molar refractivity (Wildman–Crippen MR) is 124 cm³/mol. The molecule has 0 amide bonds. The third-order valence-electron chi connectivity index (χ3n) is 6.13. The lowest BCUT2D eigenvalue weighted by atomic mass is 9.91. The molecule has 2 aromatic rings. The van der Waals surface area contributed by atoms with Gasteiger partial charge in [0.2, 0.25) is 10.0 Å². The Morgan fingerprint density at radius 3 is 2.61 bits per heavy atom. The molecule has 1 aromatic carbocycles. The predicted octanol–water partition coefficient (Wildman–Crippen LogP) is 3.48. The SMILES string of the molecule is CS(=O)(=O)N[C@H]1CCN(c2ccccn2)C[C@H]1COC1CC=C(c2ccccc2)CC1. The second-order valence-corrected chi connectivity index (χ2v) is 10.3. The zero-order valence-corrected chi connectivity index (χ0v) is 18.8. The van der Waals surface area contributed by atoms with E-state index in [0.29, 0.717) is 6.61 Å². The van der Waals surface area contributed by atoms with E-state index in [1.807, 2.05) is 24.3 Å². The highest BCUT2D eigenvalue weighted by Gasteiger charge is 2.32. The topological polar surface area (TPSA) is 71.5 Å². The number of benzene rings is 1. The van der Waals surface area contributed by atoms with Crippen LogP contribution < -0.4 is 9.62 Å². The Labute approximate surface area is 185 Å². The van der Waals surface area contributed by atoms with E-state index in [1.54, 1.807) is 6.20 Å². The highest BCUT2D eigenvalue weighted by Crippen LogP contribution is 2.29. The quantitative estimate of drug-likeness (QED) is 0.712. The van der Waals surface area contributed by atoms with Crippen LogP contribution in [0.25, 0.3) is 5.57 Å². The highest BCUT2D eigenvalue weighted by molar-refractivity contribution is 7.88. The Morgan fingerprint density at radius 2 is 1.94 bits per heavy atom. The average Bonchev–Trinajstić information content (AvgIpc) is 2.79. The summed E-state index contributed by atoms with van der Waals surface area (Å²) in [6.07, 6.45) is 9.11. The lowest BCUT2D eigenvalue weighted by Crippen LogP contribution is -2.52. The van der Waals surface area contributed by atoms with Crippen molar-refractivity contribution in [2.45, 2.75) is 37.8 Å². The zero-order valence-electron chi connectivity index (χ0n) is 18.0. The second-order valence-electron chi connectivity index (χ2n) is 8.50. The van der Waals surface area contributed by atoms with Crippen molar-refractivity contribution in [2.24, 2.45) is 5.92 Å². The van der Waals surface area contributed by atoms with Crippen LogP contribution in [-0.2, 0) is 14.8 Å². The molecule has 166 valence electrons. The molecule has 0 bridgehead atoms. The summed E-state index contributed by atoms with van der Waals surface area (Å²) in [6, 6.07) is 16.3. The van der Waals surface area contributed by atoms with Crippen LogP contribution in [0.1, 0.15) is 31.2 Å². The van der Waals surface area contributed by atoms with Gasteiger partial charge in [-0.3, -0.25) is 0 Å². The van der Waals surface area contributed by atoms with Gasteiger partial charge in [0.1, 0.15) is 5.82 Å². The summed E-state index contributed by atoms with van der Waals surface area (Å²) >= 11 is 0. The first-order valence-corrected chi connectivity index (χ1v) is 12.9. The Balaban J connectivity index is 1.38. The van der Waals surface area contributed by atoms with Gasteiger partial charge in [-0.2, -0.15) is 0 Å². The Kier molecular flexibility index (Phi) is 7.05. The first kappa shape index (κ1) is 22.0. The van der Waals surface area contributed by atoms with Crippen molar-refractivity contribution >= 4 is 21.4 Å². The van der Waals surface area contributed by atoms with Crippen LogP contribution in [0.15, 0.2) is 60.8 Å².